The predicted molar refractivity (Wildman–Crippen MR) is 68.7 cm³/mol. The van der Waals surface area contributed by atoms with E-state index in [1.165, 1.54) is 0 Å². The molecule has 0 saturated carbocycles. The van der Waals surface area contributed by atoms with Gasteiger partial charge < -0.3 is 9.47 Å². The minimum atomic E-state index is 0.244. The van der Waals surface area contributed by atoms with E-state index in [0.717, 1.165) is 35.0 Å². The van der Waals surface area contributed by atoms with Crippen LogP contribution in [0.5, 0.6) is 11.5 Å². The van der Waals surface area contributed by atoms with Crippen LogP contribution in [-0.2, 0) is 6.42 Å². The lowest BCUT2D eigenvalue weighted by Crippen LogP contribution is -2.16. The van der Waals surface area contributed by atoms with E-state index in [1.54, 1.807) is 7.11 Å². The quantitative estimate of drug-likeness (QED) is 0.822. The highest BCUT2D eigenvalue weighted by Crippen LogP contribution is 2.34. The lowest BCUT2D eigenvalue weighted by molar-refractivity contribution is 0.216. The Hall–Kier alpha value is -1.34. The van der Waals surface area contributed by atoms with Crippen LogP contribution in [0.3, 0.4) is 0 Å². The number of nitriles is 1. The molecule has 1 aliphatic heterocycles. The Balaban J connectivity index is 2.24. The summed E-state index contributed by atoms with van der Waals surface area (Å²) in [6.45, 7) is 0. The van der Waals surface area contributed by atoms with Crippen molar-refractivity contribution in [2.24, 2.45) is 0 Å². The second kappa shape index (κ2) is 5.83. The van der Waals surface area contributed by atoms with Crippen LogP contribution in [0.25, 0.3) is 0 Å². The first-order chi connectivity index (χ1) is 8.35. The molecule has 0 radical (unpaired) electrons. The molecule has 2 rings (SSSR count). The van der Waals surface area contributed by atoms with Crippen molar-refractivity contribution in [3.05, 3.63) is 23.8 Å². The van der Waals surface area contributed by atoms with Gasteiger partial charge in [0, 0.05) is 11.3 Å². The Bertz CT molecular complexity index is 422. The molecule has 1 aromatic carbocycles. The average molecular weight is 249 g/mol. The Morgan fingerprint density at radius 1 is 1.53 bits per heavy atom. The van der Waals surface area contributed by atoms with Crippen LogP contribution >= 0.6 is 11.8 Å². The smallest absolute Gasteiger partial charge is 0.165 e. The first-order valence-corrected chi connectivity index (χ1v) is 6.78. The molecule has 1 unspecified atom stereocenters. The highest BCUT2D eigenvalue weighted by molar-refractivity contribution is 7.99. The number of rotatable bonds is 4. The van der Waals surface area contributed by atoms with Gasteiger partial charge in [-0.05, 0) is 18.2 Å². The minimum absolute atomic E-state index is 0.244. The van der Waals surface area contributed by atoms with Gasteiger partial charge in [-0.3, -0.25) is 0 Å². The number of ether oxygens (including phenoxy) is 2. The van der Waals surface area contributed by atoms with Gasteiger partial charge in [-0.2, -0.15) is 17.0 Å². The SMILES string of the molecule is COc1cccc(CC#N)c1OC1CCSC1. The summed E-state index contributed by atoms with van der Waals surface area (Å²) in [4.78, 5) is 0. The van der Waals surface area contributed by atoms with E-state index in [0.29, 0.717) is 6.42 Å². The van der Waals surface area contributed by atoms with Crippen LogP contribution in [0.15, 0.2) is 18.2 Å². The molecule has 0 aliphatic carbocycles. The monoisotopic (exact) mass is 249 g/mol. The van der Waals surface area contributed by atoms with E-state index >= 15 is 0 Å². The summed E-state index contributed by atoms with van der Waals surface area (Å²) in [6.07, 6.45) is 1.66. The predicted octanol–water partition coefficient (Wildman–Crippen LogP) is 2.65. The molecule has 1 aromatic rings. The Morgan fingerprint density at radius 3 is 3.06 bits per heavy atom. The summed E-state index contributed by atoms with van der Waals surface area (Å²) in [7, 11) is 1.63. The third-order valence-corrected chi connectivity index (χ3v) is 3.85. The van der Waals surface area contributed by atoms with Gasteiger partial charge in [-0.15, -0.1) is 0 Å². The summed E-state index contributed by atoms with van der Waals surface area (Å²) in [5.74, 6) is 3.62. The van der Waals surface area contributed by atoms with Crippen molar-refractivity contribution in [1.29, 1.82) is 5.26 Å². The summed E-state index contributed by atoms with van der Waals surface area (Å²) >= 11 is 1.90. The Morgan fingerprint density at radius 2 is 2.41 bits per heavy atom. The maximum atomic E-state index is 8.82. The normalized spacial score (nSPS) is 18.7. The molecule has 1 fully saturated rings. The number of nitrogens with zero attached hydrogens (tertiary/aromatic N) is 1. The summed E-state index contributed by atoms with van der Waals surface area (Å²) in [5.41, 5.74) is 0.906. The zero-order valence-corrected chi connectivity index (χ0v) is 10.6. The van der Waals surface area contributed by atoms with Crippen LogP contribution in [-0.4, -0.2) is 24.7 Å². The van der Waals surface area contributed by atoms with Crippen molar-refractivity contribution in [2.45, 2.75) is 18.9 Å². The number of benzene rings is 1. The third kappa shape index (κ3) is 2.86. The zero-order chi connectivity index (χ0) is 12.1. The first kappa shape index (κ1) is 12.1. The van der Waals surface area contributed by atoms with E-state index in [-0.39, 0.29) is 6.10 Å². The van der Waals surface area contributed by atoms with Gasteiger partial charge in [0.25, 0.3) is 0 Å². The number of para-hydroxylation sites is 1. The van der Waals surface area contributed by atoms with Crippen molar-refractivity contribution in [3.8, 4) is 17.6 Å². The average Bonchev–Trinajstić information content (AvgIpc) is 2.84. The van der Waals surface area contributed by atoms with Gasteiger partial charge in [0.1, 0.15) is 6.10 Å². The molecular formula is C13H15NO2S. The lowest BCUT2D eigenvalue weighted by atomic mass is 10.1. The highest BCUT2D eigenvalue weighted by Gasteiger charge is 2.20. The molecule has 1 heterocycles. The lowest BCUT2D eigenvalue weighted by Gasteiger charge is -2.17. The molecule has 1 saturated heterocycles. The number of methoxy groups -OCH3 is 1. The molecule has 0 spiro atoms. The van der Waals surface area contributed by atoms with Crippen molar-refractivity contribution < 1.29 is 9.47 Å². The molecular weight excluding hydrogens is 234 g/mol. The molecule has 90 valence electrons. The summed E-state index contributed by atoms with van der Waals surface area (Å²) < 4.78 is 11.3. The standard InChI is InChI=1S/C13H15NO2S/c1-15-12-4-2-3-10(5-7-14)13(12)16-11-6-8-17-9-11/h2-4,11H,5-6,8-9H2,1H3. The summed E-state index contributed by atoms with van der Waals surface area (Å²) in [6, 6.07) is 7.84. The van der Waals surface area contributed by atoms with E-state index in [1.807, 2.05) is 30.0 Å². The molecule has 4 heteroatoms. The van der Waals surface area contributed by atoms with Crippen LogP contribution in [0.1, 0.15) is 12.0 Å². The Labute approximate surface area is 106 Å². The van der Waals surface area contributed by atoms with Gasteiger partial charge in [-0.1, -0.05) is 12.1 Å². The largest absolute Gasteiger partial charge is 0.493 e. The maximum Gasteiger partial charge on any atom is 0.165 e. The topological polar surface area (TPSA) is 42.2 Å². The van der Waals surface area contributed by atoms with Crippen LogP contribution in [0, 0.1) is 11.3 Å². The van der Waals surface area contributed by atoms with Gasteiger partial charge in [0.05, 0.1) is 19.6 Å². The van der Waals surface area contributed by atoms with Crippen LogP contribution < -0.4 is 9.47 Å². The van der Waals surface area contributed by atoms with E-state index in [2.05, 4.69) is 6.07 Å². The third-order valence-electron chi connectivity index (χ3n) is 2.72. The van der Waals surface area contributed by atoms with Crippen LogP contribution in [0.4, 0.5) is 0 Å². The maximum absolute atomic E-state index is 8.82. The molecule has 0 bridgehead atoms. The van der Waals surface area contributed by atoms with E-state index < -0.39 is 0 Å². The molecule has 0 aromatic heterocycles. The van der Waals surface area contributed by atoms with Crippen molar-refractivity contribution in [1.82, 2.24) is 0 Å². The molecule has 3 nitrogen and oxygen atoms in total. The Kier molecular flexibility index (Phi) is 4.16. The fourth-order valence-electron chi connectivity index (χ4n) is 1.85. The number of thioether (sulfide) groups is 1. The molecule has 0 amide bonds. The zero-order valence-electron chi connectivity index (χ0n) is 9.81. The molecule has 17 heavy (non-hydrogen) atoms. The second-order valence-electron chi connectivity index (χ2n) is 3.89. The summed E-state index contributed by atoms with van der Waals surface area (Å²) in [5, 5.41) is 8.82. The van der Waals surface area contributed by atoms with Gasteiger partial charge >= 0.3 is 0 Å². The van der Waals surface area contributed by atoms with E-state index in [9.17, 15) is 0 Å². The van der Waals surface area contributed by atoms with Crippen molar-refractivity contribution in [2.75, 3.05) is 18.6 Å². The highest BCUT2D eigenvalue weighted by atomic mass is 32.2. The second-order valence-corrected chi connectivity index (χ2v) is 5.04. The molecule has 1 aliphatic rings. The van der Waals surface area contributed by atoms with Gasteiger partial charge in [0.15, 0.2) is 11.5 Å². The van der Waals surface area contributed by atoms with Crippen molar-refractivity contribution >= 4 is 11.8 Å². The molecule has 1 atom stereocenters. The fourth-order valence-corrected chi connectivity index (χ4v) is 2.95. The number of hydrogen-bond donors (Lipinski definition) is 0. The first-order valence-electron chi connectivity index (χ1n) is 5.62. The van der Waals surface area contributed by atoms with Gasteiger partial charge in [-0.25, -0.2) is 0 Å². The van der Waals surface area contributed by atoms with E-state index in [4.69, 9.17) is 14.7 Å². The minimum Gasteiger partial charge on any atom is -0.493 e. The van der Waals surface area contributed by atoms with Gasteiger partial charge in [0.2, 0.25) is 0 Å². The fraction of sp³-hybridized carbons (Fsp3) is 0.462. The van der Waals surface area contributed by atoms with Crippen LogP contribution in [0.2, 0.25) is 0 Å². The molecule has 0 N–H and O–H groups in total. The number of hydrogen-bond acceptors (Lipinski definition) is 4. The van der Waals surface area contributed by atoms with Crippen molar-refractivity contribution in [3.63, 3.8) is 0 Å².